The van der Waals surface area contributed by atoms with Crippen LogP contribution in [0.2, 0.25) is 0 Å². The number of pyridine rings is 1. The monoisotopic (exact) mass is 250 g/mol. The van der Waals surface area contributed by atoms with Crippen molar-refractivity contribution < 1.29 is 13.0 Å². The molecule has 1 atom stereocenters. The van der Waals surface area contributed by atoms with Crippen molar-refractivity contribution in [3.05, 3.63) is 17.7 Å². The van der Waals surface area contributed by atoms with Gasteiger partial charge in [-0.2, -0.15) is 0 Å². The molecule has 0 aliphatic rings. The van der Waals surface area contributed by atoms with Gasteiger partial charge in [-0.05, 0) is 0 Å². The standard InChI is InChI=1S/C8H12F2N4OS/c1-16(15)3-2-12-7-5(9)4-6(10)8(13-7)14-11/h4H,2-3,11H2,1H3,(H2,12,13,14). The molecule has 1 aromatic heterocycles. The van der Waals surface area contributed by atoms with E-state index in [-0.39, 0.29) is 18.2 Å². The molecule has 0 amide bonds. The summed E-state index contributed by atoms with van der Waals surface area (Å²) in [4.78, 5) is 3.59. The molecule has 16 heavy (non-hydrogen) atoms. The van der Waals surface area contributed by atoms with E-state index in [1.165, 1.54) is 6.26 Å². The number of nitrogen functional groups attached to an aromatic ring is 1. The number of aromatic nitrogens is 1. The van der Waals surface area contributed by atoms with Crippen LogP contribution in [0, 0.1) is 11.6 Å². The van der Waals surface area contributed by atoms with Gasteiger partial charge in [0.25, 0.3) is 0 Å². The number of nitrogens with two attached hydrogens (primary N) is 1. The minimum Gasteiger partial charge on any atom is -0.367 e. The van der Waals surface area contributed by atoms with E-state index < -0.39 is 22.4 Å². The largest absolute Gasteiger partial charge is 0.367 e. The maximum Gasteiger partial charge on any atom is 0.178 e. The molecule has 90 valence electrons. The van der Waals surface area contributed by atoms with Gasteiger partial charge in [0, 0.05) is 35.4 Å². The van der Waals surface area contributed by atoms with Gasteiger partial charge in [-0.15, -0.1) is 0 Å². The summed E-state index contributed by atoms with van der Waals surface area (Å²) < 4.78 is 36.9. The van der Waals surface area contributed by atoms with E-state index in [0.29, 0.717) is 11.8 Å². The van der Waals surface area contributed by atoms with Crippen LogP contribution < -0.4 is 16.6 Å². The zero-order valence-electron chi connectivity index (χ0n) is 8.59. The lowest BCUT2D eigenvalue weighted by molar-refractivity contribution is 0.578. The van der Waals surface area contributed by atoms with Crippen molar-refractivity contribution in [2.75, 3.05) is 29.3 Å². The van der Waals surface area contributed by atoms with E-state index in [4.69, 9.17) is 5.84 Å². The summed E-state index contributed by atoms with van der Waals surface area (Å²) in [6.07, 6.45) is 1.53. The number of hydrogen-bond acceptors (Lipinski definition) is 5. The van der Waals surface area contributed by atoms with Crippen LogP contribution in [-0.2, 0) is 10.8 Å². The molecule has 0 spiro atoms. The van der Waals surface area contributed by atoms with E-state index in [1.807, 2.05) is 5.43 Å². The summed E-state index contributed by atoms with van der Waals surface area (Å²) in [5, 5.41) is 2.60. The summed E-state index contributed by atoms with van der Waals surface area (Å²) in [6.45, 7) is 0.280. The van der Waals surface area contributed by atoms with Gasteiger partial charge in [0.15, 0.2) is 23.3 Å². The summed E-state index contributed by atoms with van der Waals surface area (Å²) in [7, 11) is -0.984. The van der Waals surface area contributed by atoms with E-state index in [2.05, 4.69) is 10.3 Å². The van der Waals surface area contributed by atoms with Gasteiger partial charge >= 0.3 is 0 Å². The number of anilines is 2. The number of hydrazine groups is 1. The third-order valence-corrected chi connectivity index (χ3v) is 2.53. The van der Waals surface area contributed by atoms with Crippen LogP contribution >= 0.6 is 0 Å². The van der Waals surface area contributed by atoms with Crippen molar-refractivity contribution in [2.45, 2.75) is 0 Å². The molecule has 8 heteroatoms. The van der Waals surface area contributed by atoms with Crippen LogP contribution in [0.15, 0.2) is 6.07 Å². The Hall–Kier alpha value is -1.28. The first-order valence-corrected chi connectivity index (χ1v) is 6.14. The Balaban J connectivity index is 2.75. The predicted octanol–water partition coefficient (Wildman–Crippen LogP) is 0.436. The topological polar surface area (TPSA) is 80.0 Å². The molecule has 0 fully saturated rings. The maximum atomic E-state index is 13.2. The Bertz CT molecular complexity index is 402. The second-order valence-corrected chi connectivity index (χ2v) is 4.55. The van der Waals surface area contributed by atoms with Crippen molar-refractivity contribution >= 4 is 22.4 Å². The van der Waals surface area contributed by atoms with Gasteiger partial charge in [-0.3, -0.25) is 4.21 Å². The molecule has 1 heterocycles. The van der Waals surface area contributed by atoms with Gasteiger partial charge in [0.05, 0.1) is 0 Å². The molecule has 0 saturated heterocycles. The molecule has 5 nitrogen and oxygen atoms in total. The second-order valence-electron chi connectivity index (χ2n) is 3.00. The van der Waals surface area contributed by atoms with Crippen molar-refractivity contribution in [2.24, 2.45) is 5.84 Å². The Morgan fingerprint density at radius 2 is 2.06 bits per heavy atom. The van der Waals surface area contributed by atoms with Crippen molar-refractivity contribution in [1.29, 1.82) is 0 Å². The summed E-state index contributed by atoms with van der Waals surface area (Å²) in [5.41, 5.74) is 2.01. The lowest BCUT2D eigenvalue weighted by Crippen LogP contribution is -2.15. The SMILES string of the molecule is CS(=O)CCNc1nc(NN)c(F)cc1F. The average molecular weight is 250 g/mol. The number of nitrogens with zero attached hydrogens (tertiary/aromatic N) is 1. The van der Waals surface area contributed by atoms with Crippen LogP contribution in [0.25, 0.3) is 0 Å². The highest BCUT2D eigenvalue weighted by Gasteiger charge is 2.10. The quantitative estimate of drug-likeness (QED) is 0.522. The zero-order valence-corrected chi connectivity index (χ0v) is 9.41. The zero-order chi connectivity index (χ0) is 12.1. The smallest absolute Gasteiger partial charge is 0.178 e. The first kappa shape index (κ1) is 12.8. The molecule has 0 aromatic carbocycles. The first-order valence-electron chi connectivity index (χ1n) is 4.41. The third-order valence-electron chi connectivity index (χ3n) is 1.75. The summed E-state index contributed by atoms with van der Waals surface area (Å²) >= 11 is 0. The van der Waals surface area contributed by atoms with Crippen LogP contribution in [0.1, 0.15) is 0 Å². The number of nitrogens with one attached hydrogen (secondary N) is 2. The Morgan fingerprint density at radius 3 is 2.62 bits per heavy atom. The van der Waals surface area contributed by atoms with Crippen LogP contribution in [0.4, 0.5) is 20.4 Å². The second kappa shape index (κ2) is 5.71. The highest BCUT2D eigenvalue weighted by atomic mass is 32.2. The van der Waals surface area contributed by atoms with Crippen molar-refractivity contribution in [3.63, 3.8) is 0 Å². The fourth-order valence-corrected chi connectivity index (χ4v) is 1.39. The molecule has 0 aliphatic heterocycles. The Kier molecular flexibility index (Phi) is 4.56. The van der Waals surface area contributed by atoms with E-state index >= 15 is 0 Å². The molecule has 0 bridgehead atoms. The maximum absolute atomic E-state index is 13.2. The molecule has 1 aromatic rings. The fourth-order valence-electron chi connectivity index (χ4n) is 1.00. The van der Waals surface area contributed by atoms with Gasteiger partial charge < -0.3 is 10.7 Å². The Morgan fingerprint density at radius 1 is 1.44 bits per heavy atom. The minimum atomic E-state index is -0.984. The normalized spacial score (nSPS) is 12.2. The first-order chi connectivity index (χ1) is 7.54. The van der Waals surface area contributed by atoms with Crippen LogP contribution in [-0.4, -0.2) is 27.7 Å². The third kappa shape index (κ3) is 3.38. The van der Waals surface area contributed by atoms with Gasteiger partial charge in [0.1, 0.15) is 0 Å². The molecule has 1 unspecified atom stereocenters. The van der Waals surface area contributed by atoms with Gasteiger partial charge in [-0.1, -0.05) is 0 Å². The van der Waals surface area contributed by atoms with Gasteiger partial charge in [-0.25, -0.2) is 19.6 Å². The number of hydrogen-bond donors (Lipinski definition) is 3. The van der Waals surface area contributed by atoms with Crippen molar-refractivity contribution in [1.82, 2.24) is 4.98 Å². The molecule has 1 rings (SSSR count). The highest BCUT2D eigenvalue weighted by molar-refractivity contribution is 7.84. The van der Waals surface area contributed by atoms with Gasteiger partial charge in [0.2, 0.25) is 0 Å². The molecule has 0 saturated carbocycles. The van der Waals surface area contributed by atoms with Crippen molar-refractivity contribution in [3.8, 4) is 0 Å². The molecular weight excluding hydrogens is 238 g/mol. The molecule has 0 aliphatic carbocycles. The van der Waals surface area contributed by atoms with E-state index in [0.717, 1.165) is 0 Å². The average Bonchev–Trinajstić information content (AvgIpc) is 2.20. The predicted molar refractivity (Wildman–Crippen MR) is 59.4 cm³/mol. The highest BCUT2D eigenvalue weighted by Crippen LogP contribution is 2.17. The fraction of sp³-hybridized carbons (Fsp3) is 0.375. The van der Waals surface area contributed by atoms with Crippen LogP contribution in [0.5, 0.6) is 0 Å². The molecule has 0 radical (unpaired) electrons. The number of halogens is 2. The Labute approximate surface area is 93.9 Å². The van der Waals surface area contributed by atoms with E-state index in [9.17, 15) is 13.0 Å². The molecular formula is C8H12F2N4OS. The van der Waals surface area contributed by atoms with E-state index in [1.54, 1.807) is 0 Å². The van der Waals surface area contributed by atoms with Crippen LogP contribution in [0.3, 0.4) is 0 Å². The lowest BCUT2D eigenvalue weighted by atomic mass is 10.4. The number of rotatable bonds is 5. The molecule has 4 N–H and O–H groups in total. The lowest BCUT2D eigenvalue weighted by Gasteiger charge is -2.08. The summed E-state index contributed by atoms with van der Waals surface area (Å²) in [5.74, 6) is 3.28. The summed E-state index contributed by atoms with van der Waals surface area (Å²) in [6, 6.07) is 0.674. The minimum absolute atomic E-state index is 0.125.